The van der Waals surface area contributed by atoms with Gasteiger partial charge in [0.25, 0.3) is 5.91 Å². The van der Waals surface area contributed by atoms with Crippen LogP contribution in [0.3, 0.4) is 0 Å². The van der Waals surface area contributed by atoms with E-state index in [4.69, 9.17) is 23.2 Å². The van der Waals surface area contributed by atoms with E-state index in [0.29, 0.717) is 16.3 Å². The molecule has 0 unspecified atom stereocenters. The summed E-state index contributed by atoms with van der Waals surface area (Å²) in [4.78, 5) is 20.1. The SMILES string of the molecule is CC1(C)NC(=O)c2cccc(-c3nc(Cl)ncc3Cl)c21. The molecule has 0 spiro atoms. The minimum atomic E-state index is -0.482. The van der Waals surface area contributed by atoms with Gasteiger partial charge in [0.15, 0.2) is 0 Å². The third kappa shape index (κ3) is 1.96. The van der Waals surface area contributed by atoms with Crippen LogP contribution in [0.2, 0.25) is 10.3 Å². The first-order chi connectivity index (χ1) is 9.40. The Balaban J connectivity index is 2.32. The van der Waals surface area contributed by atoms with Crippen molar-refractivity contribution < 1.29 is 4.79 Å². The van der Waals surface area contributed by atoms with Crippen LogP contribution in [0, 0.1) is 0 Å². The van der Waals surface area contributed by atoms with Gasteiger partial charge in [-0.05, 0) is 37.1 Å². The van der Waals surface area contributed by atoms with E-state index < -0.39 is 5.54 Å². The number of hydrogen-bond acceptors (Lipinski definition) is 3. The number of aromatic nitrogens is 2. The Morgan fingerprint density at radius 3 is 2.65 bits per heavy atom. The Morgan fingerprint density at radius 2 is 1.90 bits per heavy atom. The molecule has 3 rings (SSSR count). The third-order valence-electron chi connectivity index (χ3n) is 3.33. The van der Waals surface area contributed by atoms with Gasteiger partial charge in [-0.25, -0.2) is 9.97 Å². The standard InChI is InChI=1S/C14H11Cl2N3O/c1-14(2)10-7(4-3-5-8(10)12(20)19-14)11-9(15)6-17-13(16)18-11/h3-6H,1-2H3,(H,19,20). The monoisotopic (exact) mass is 307 g/mol. The lowest BCUT2D eigenvalue weighted by atomic mass is 9.88. The Hall–Kier alpha value is -1.65. The molecule has 1 amide bonds. The third-order valence-corrected chi connectivity index (χ3v) is 3.79. The lowest BCUT2D eigenvalue weighted by Crippen LogP contribution is -2.33. The number of benzene rings is 1. The number of halogens is 2. The van der Waals surface area contributed by atoms with Gasteiger partial charge in [-0.3, -0.25) is 4.79 Å². The van der Waals surface area contributed by atoms with Crippen molar-refractivity contribution in [1.82, 2.24) is 15.3 Å². The number of hydrogen-bond donors (Lipinski definition) is 1. The van der Waals surface area contributed by atoms with Crippen molar-refractivity contribution in [3.63, 3.8) is 0 Å². The molecular weight excluding hydrogens is 297 g/mol. The van der Waals surface area contributed by atoms with E-state index in [9.17, 15) is 4.79 Å². The summed E-state index contributed by atoms with van der Waals surface area (Å²) in [7, 11) is 0. The Bertz CT molecular complexity index is 728. The second-order valence-electron chi connectivity index (χ2n) is 5.14. The van der Waals surface area contributed by atoms with Crippen LogP contribution >= 0.6 is 23.2 Å². The summed E-state index contributed by atoms with van der Waals surface area (Å²) in [6.07, 6.45) is 1.46. The molecule has 0 radical (unpaired) electrons. The molecule has 6 heteroatoms. The van der Waals surface area contributed by atoms with Gasteiger partial charge in [0, 0.05) is 11.1 Å². The van der Waals surface area contributed by atoms with Crippen molar-refractivity contribution >= 4 is 29.1 Å². The van der Waals surface area contributed by atoms with Crippen molar-refractivity contribution in [2.45, 2.75) is 19.4 Å². The molecule has 20 heavy (non-hydrogen) atoms. The molecule has 102 valence electrons. The van der Waals surface area contributed by atoms with Crippen LogP contribution in [0.25, 0.3) is 11.3 Å². The average Bonchev–Trinajstić information content (AvgIpc) is 2.63. The summed E-state index contributed by atoms with van der Waals surface area (Å²) in [6, 6.07) is 5.48. The lowest BCUT2D eigenvalue weighted by Gasteiger charge is -2.22. The molecule has 0 fully saturated rings. The first-order valence-electron chi connectivity index (χ1n) is 6.04. The number of nitrogens with zero attached hydrogens (tertiary/aromatic N) is 2. The van der Waals surface area contributed by atoms with Crippen LogP contribution in [0.5, 0.6) is 0 Å². The molecule has 1 aliphatic heterocycles. The highest BCUT2D eigenvalue weighted by Crippen LogP contribution is 2.39. The summed E-state index contributed by atoms with van der Waals surface area (Å²) in [5, 5.41) is 3.47. The van der Waals surface area contributed by atoms with Gasteiger partial charge in [-0.1, -0.05) is 23.7 Å². The van der Waals surface area contributed by atoms with E-state index in [2.05, 4.69) is 15.3 Å². The smallest absolute Gasteiger partial charge is 0.252 e. The van der Waals surface area contributed by atoms with Crippen LogP contribution in [0.15, 0.2) is 24.4 Å². The number of fused-ring (bicyclic) bond motifs is 1. The number of nitrogens with one attached hydrogen (secondary N) is 1. The summed E-state index contributed by atoms with van der Waals surface area (Å²) in [5.74, 6) is -0.0943. The second-order valence-corrected chi connectivity index (χ2v) is 5.89. The van der Waals surface area contributed by atoms with E-state index in [-0.39, 0.29) is 11.2 Å². The number of carbonyl (C=O) groups is 1. The highest BCUT2D eigenvalue weighted by Gasteiger charge is 2.37. The fraction of sp³-hybridized carbons (Fsp3) is 0.214. The molecule has 2 aromatic rings. The number of amides is 1. The Kier molecular flexibility index (Phi) is 2.96. The topological polar surface area (TPSA) is 54.9 Å². The Morgan fingerprint density at radius 1 is 1.20 bits per heavy atom. The summed E-state index contributed by atoms with van der Waals surface area (Å²) >= 11 is 12.0. The van der Waals surface area contributed by atoms with Gasteiger partial charge in [0.2, 0.25) is 5.28 Å². The first-order valence-corrected chi connectivity index (χ1v) is 6.80. The van der Waals surface area contributed by atoms with E-state index in [1.54, 1.807) is 6.07 Å². The molecule has 2 heterocycles. The van der Waals surface area contributed by atoms with E-state index >= 15 is 0 Å². The quantitative estimate of drug-likeness (QED) is 0.821. The van der Waals surface area contributed by atoms with Crippen molar-refractivity contribution in [1.29, 1.82) is 0 Å². The maximum atomic E-state index is 12.0. The van der Waals surface area contributed by atoms with Crippen LogP contribution in [-0.2, 0) is 5.54 Å². The molecule has 1 aromatic heterocycles. The summed E-state index contributed by atoms with van der Waals surface area (Å²) in [6.45, 7) is 3.88. The first kappa shape index (κ1) is 13.3. The zero-order valence-corrected chi connectivity index (χ0v) is 12.4. The van der Waals surface area contributed by atoms with Crippen LogP contribution in [0.4, 0.5) is 0 Å². The number of rotatable bonds is 1. The maximum Gasteiger partial charge on any atom is 0.252 e. The van der Waals surface area contributed by atoms with Crippen LogP contribution in [0.1, 0.15) is 29.8 Å². The predicted molar refractivity (Wildman–Crippen MR) is 78.0 cm³/mol. The lowest BCUT2D eigenvalue weighted by molar-refractivity contribution is 0.0940. The van der Waals surface area contributed by atoms with Crippen LogP contribution in [-0.4, -0.2) is 15.9 Å². The zero-order valence-electron chi connectivity index (χ0n) is 10.9. The predicted octanol–water partition coefficient (Wildman–Crippen LogP) is 3.43. The maximum absolute atomic E-state index is 12.0. The largest absolute Gasteiger partial charge is 0.343 e. The van der Waals surface area contributed by atoms with E-state index in [0.717, 1.165) is 11.1 Å². The average molecular weight is 308 g/mol. The molecule has 0 aliphatic carbocycles. The van der Waals surface area contributed by atoms with E-state index in [1.807, 2.05) is 26.0 Å². The Labute approximate surface area is 126 Å². The van der Waals surface area contributed by atoms with Gasteiger partial charge in [-0.15, -0.1) is 0 Å². The van der Waals surface area contributed by atoms with Gasteiger partial charge < -0.3 is 5.32 Å². The van der Waals surface area contributed by atoms with Crippen molar-refractivity contribution in [2.75, 3.05) is 0 Å². The molecule has 0 saturated carbocycles. The molecule has 4 nitrogen and oxygen atoms in total. The van der Waals surface area contributed by atoms with Crippen LogP contribution < -0.4 is 5.32 Å². The number of carbonyl (C=O) groups excluding carboxylic acids is 1. The summed E-state index contributed by atoms with van der Waals surface area (Å²) in [5.41, 5.74) is 2.36. The summed E-state index contributed by atoms with van der Waals surface area (Å²) < 4.78 is 0. The zero-order chi connectivity index (χ0) is 14.5. The second kappa shape index (κ2) is 4.43. The van der Waals surface area contributed by atoms with Gasteiger partial charge in [-0.2, -0.15) is 0 Å². The molecule has 0 bridgehead atoms. The molecule has 1 N–H and O–H groups in total. The van der Waals surface area contributed by atoms with Crippen molar-refractivity contribution in [2.24, 2.45) is 0 Å². The molecule has 1 aromatic carbocycles. The van der Waals surface area contributed by atoms with Gasteiger partial charge >= 0.3 is 0 Å². The van der Waals surface area contributed by atoms with Crippen molar-refractivity contribution in [3.8, 4) is 11.3 Å². The van der Waals surface area contributed by atoms with E-state index in [1.165, 1.54) is 6.20 Å². The highest BCUT2D eigenvalue weighted by atomic mass is 35.5. The minimum Gasteiger partial charge on any atom is -0.343 e. The minimum absolute atomic E-state index is 0.0943. The highest BCUT2D eigenvalue weighted by molar-refractivity contribution is 6.33. The van der Waals surface area contributed by atoms with Gasteiger partial charge in [0.05, 0.1) is 22.5 Å². The fourth-order valence-electron chi connectivity index (χ4n) is 2.56. The van der Waals surface area contributed by atoms with Gasteiger partial charge in [0.1, 0.15) is 0 Å². The fourth-order valence-corrected chi connectivity index (χ4v) is 2.89. The normalized spacial score (nSPS) is 15.9. The molecule has 1 aliphatic rings. The molecule has 0 saturated heterocycles. The van der Waals surface area contributed by atoms with Crippen molar-refractivity contribution in [3.05, 3.63) is 45.8 Å². The molecular formula is C14H11Cl2N3O. The molecule has 0 atom stereocenters.